The van der Waals surface area contributed by atoms with Gasteiger partial charge in [0.2, 0.25) is 5.91 Å². The van der Waals surface area contributed by atoms with Crippen molar-refractivity contribution in [1.29, 1.82) is 0 Å². The summed E-state index contributed by atoms with van der Waals surface area (Å²) in [5, 5.41) is 6.72. The van der Waals surface area contributed by atoms with E-state index in [1.807, 2.05) is 25.8 Å². The van der Waals surface area contributed by atoms with Crippen molar-refractivity contribution < 1.29 is 9.59 Å². The van der Waals surface area contributed by atoms with E-state index in [0.717, 1.165) is 25.9 Å². The Morgan fingerprint density at radius 1 is 1.16 bits per heavy atom. The molecule has 1 aromatic rings. The van der Waals surface area contributed by atoms with E-state index in [0.29, 0.717) is 16.6 Å². The van der Waals surface area contributed by atoms with Crippen LogP contribution in [0.1, 0.15) is 37.0 Å². The Morgan fingerprint density at radius 3 is 2.20 bits per heavy atom. The Labute approximate surface area is 160 Å². The predicted octanol–water partition coefficient (Wildman–Crippen LogP) is 2.73. The van der Waals surface area contributed by atoms with Crippen LogP contribution in [0.3, 0.4) is 0 Å². The molecular weight excluding hydrogens is 361 g/mol. The minimum atomic E-state index is -0.515. The molecule has 2 rings (SSSR count). The maximum atomic E-state index is 12.8. The highest BCUT2D eigenvalue weighted by Gasteiger charge is 2.31. The van der Waals surface area contributed by atoms with E-state index < -0.39 is 6.04 Å². The summed E-state index contributed by atoms with van der Waals surface area (Å²) in [5.41, 5.74) is 0.506. The number of carbonyl (C=O) groups is 2. The first kappa shape index (κ1) is 21.7. The van der Waals surface area contributed by atoms with Crippen LogP contribution in [-0.2, 0) is 4.79 Å². The molecule has 1 aromatic carbocycles. The number of halogens is 2. The molecule has 25 heavy (non-hydrogen) atoms. The first-order valence-electron chi connectivity index (χ1n) is 8.45. The molecule has 0 bridgehead atoms. The number of amides is 2. The van der Waals surface area contributed by atoms with Crippen molar-refractivity contribution in [1.82, 2.24) is 15.5 Å². The van der Waals surface area contributed by atoms with Crippen LogP contribution >= 0.6 is 24.0 Å². The van der Waals surface area contributed by atoms with Gasteiger partial charge in [-0.3, -0.25) is 9.59 Å². The normalized spacial score (nSPS) is 16.3. The molecule has 140 valence electrons. The number of carbonyl (C=O) groups excluding carboxylic acids is 2. The summed E-state index contributed by atoms with van der Waals surface area (Å²) < 4.78 is 0. The molecule has 1 atom stereocenters. The summed E-state index contributed by atoms with van der Waals surface area (Å²) in [6.07, 6.45) is 1.89. The Kier molecular flexibility index (Phi) is 8.69. The first-order chi connectivity index (χ1) is 11.4. The SMILES string of the molecule is CNC1CCN(C(=O)C(NC(=O)c2ccc(Cl)cc2)C(C)C)CC1.Cl. The van der Waals surface area contributed by atoms with Crippen molar-refractivity contribution in [3.05, 3.63) is 34.9 Å². The van der Waals surface area contributed by atoms with Gasteiger partial charge in [0.05, 0.1) is 0 Å². The monoisotopic (exact) mass is 387 g/mol. The van der Waals surface area contributed by atoms with Gasteiger partial charge in [0.25, 0.3) is 5.91 Å². The number of piperidine rings is 1. The quantitative estimate of drug-likeness (QED) is 0.816. The zero-order valence-corrected chi connectivity index (χ0v) is 16.5. The average Bonchev–Trinajstić information content (AvgIpc) is 2.59. The smallest absolute Gasteiger partial charge is 0.251 e. The van der Waals surface area contributed by atoms with Crippen molar-refractivity contribution in [3.63, 3.8) is 0 Å². The lowest BCUT2D eigenvalue weighted by Crippen LogP contribution is -2.54. The second-order valence-electron chi connectivity index (χ2n) is 6.59. The zero-order valence-electron chi connectivity index (χ0n) is 14.9. The van der Waals surface area contributed by atoms with E-state index in [4.69, 9.17) is 11.6 Å². The molecular formula is C18H27Cl2N3O2. The molecule has 0 saturated carbocycles. The van der Waals surface area contributed by atoms with Gasteiger partial charge in [-0.25, -0.2) is 0 Å². The number of benzene rings is 1. The maximum Gasteiger partial charge on any atom is 0.251 e. The van der Waals surface area contributed by atoms with Gasteiger partial charge in [0.15, 0.2) is 0 Å². The first-order valence-corrected chi connectivity index (χ1v) is 8.82. The van der Waals surface area contributed by atoms with E-state index in [1.54, 1.807) is 24.3 Å². The summed E-state index contributed by atoms with van der Waals surface area (Å²) in [5.74, 6) is -0.221. The zero-order chi connectivity index (χ0) is 17.7. The molecule has 1 saturated heterocycles. The Balaban J connectivity index is 0.00000312. The second-order valence-corrected chi connectivity index (χ2v) is 7.03. The summed E-state index contributed by atoms with van der Waals surface area (Å²) in [6, 6.07) is 6.63. The lowest BCUT2D eigenvalue weighted by atomic mass is 9.99. The van der Waals surface area contributed by atoms with E-state index in [9.17, 15) is 9.59 Å². The van der Waals surface area contributed by atoms with Crippen molar-refractivity contribution in [2.45, 2.75) is 38.8 Å². The highest BCUT2D eigenvalue weighted by Crippen LogP contribution is 2.15. The number of hydrogen-bond donors (Lipinski definition) is 2. The molecule has 7 heteroatoms. The van der Waals surface area contributed by atoms with Crippen LogP contribution in [0.4, 0.5) is 0 Å². The molecule has 1 aliphatic heterocycles. The van der Waals surface area contributed by atoms with Crippen molar-refractivity contribution >= 4 is 35.8 Å². The predicted molar refractivity (Wildman–Crippen MR) is 103 cm³/mol. The van der Waals surface area contributed by atoms with Crippen molar-refractivity contribution in [3.8, 4) is 0 Å². The minimum Gasteiger partial charge on any atom is -0.341 e. The number of nitrogens with one attached hydrogen (secondary N) is 2. The summed E-state index contributed by atoms with van der Waals surface area (Å²) in [7, 11) is 1.95. The molecule has 0 radical (unpaired) electrons. The van der Waals surface area contributed by atoms with Gasteiger partial charge in [0.1, 0.15) is 6.04 Å². The minimum absolute atomic E-state index is 0. The molecule has 1 aliphatic rings. The molecule has 2 amide bonds. The Hall–Kier alpha value is -1.30. The van der Waals surface area contributed by atoms with Gasteiger partial charge in [-0.2, -0.15) is 0 Å². The van der Waals surface area contributed by atoms with Gasteiger partial charge < -0.3 is 15.5 Å². The molecule has 5 nitrogen and oxygen atoms in total. The van der Waals surface area contributed by atoms with E-state index >= 15 is 0 Å². The summed E-state index contributed by atoms with van der Waals surface area (Å²) in [6.45, 7) is 5.35. The Bertz CT molecular complexity index is 570. The van der Waals surface area contributed by atoms with Crippen LogP contribution in [0, 0.1) is 5.92 Å². The topological polar surface area (TPSA) is 61.4 Å². The molecule has 1 heterocycles. The fourth-order valence-corrected chi connectivity index (χ4v) is 3.05. The van der Waals surface area contributed by atoms with Crippen LogP contribution in [0.15, 0.2) is 24.3 Å². The van der Waals surface area contributed by atoms with Gasteiger partial charge in [0, 0.05) is 29.7 Å². The molecule has 1 fully saturated rings. The Morgan fingerprint density at radius 2 is 1.72 bits per heavy atom. The van der Waals surface area contributed by atoms with Gasteiger partial charge >= 0.3 is 0 Å². The van der Waals surface area contributed by atoms with E-state index in [-0.39, 0.29) is 30.1 Å². The molecule has 0 aliphatic carbocycles. The molecule has 0 aromatic heterocycles. The lowest BCUT2D eigenvalue weighted by molar-refractivity contribution is -0.135. The van der Waals surface area contributed by atoms with Crippen molar-refractivity contribution in [2.75, 3.05) is 20.1 Å². The van der Waals surface area contributed by atoms with Crippen molar-refractivity contribution in [2.24, 2.45) is 5.92 Å². The average molecular weight is 388 g/mol. The fraction of sp³-hybridized carbons (Fsp3) is 0.556. The van der Waals surface area contributed by atoms with Crippen LogP contribution in [0.2, 0.25) is 5.02 Å². The van der Waals surface area contributed by atoms with Crippen LogP contribution < -0.4 is 10.6 Å². The van der Waals surface area contributed by atoms with E-state index in [2.05, 4.69) is 10.6 Å². The number of hydrogen-bond acceptors (Lipinski definition) is 3. The molecule has 1 unspecified atom stereocenters. The van der Waals surface area contributed by atoms with Gasteiger partial charge in [-0.15, -0.1) is 12.4 Å². The lowest BCUT2D eigenvalue weighted by Gasteiger charge is -2.35. The third-order valence-electron chi connectivity index (χ3n) is 4.54. The third kappa shape index (κ3) is 5.87. The largest absolute Gasteiger partial charge is 0.341 e. The van der Waals surface area contributed by atoms with Gasteiger partial charge in [-0.05, 0) is 50.1 Å². The standard InChI is InChI=1S/C18H26ClN3O2.ClH/c1-12(2)16(18(24)22-10-8-15(20-3)9-11-22)21-17(23)13-4-6-14(19)7-5-13;/h4-7,12,15-16,20H,8-11H2,1-3H3,(H,21,23);1H. The van der Waals surface area contributed by atoms with E-state index in [1.165, 1.54) is 0 Å². The summed E-state index contributed by atoms with van der Waals surface area (Å²) >= 11 is 5.85. The third-order valence-corrected chi connectivity index (χ3v) is 4.79. The van der Waals surface area contributed by atoms with Gasteiger partial charge in [-0.1, -0.05) is 25.4 Å². The molecule has 2 N–H and O–H groups in total. The highest BCUT2D eigenvalue weighted by molar-refractivity contribution is 6.30. The highest BCUT2D eigenvalue weighted by atomic mass is 35.5. The molecule has 0 spiro atoms. The van der Waals surface area contributed by atoms with Crippen LogP contribution in [-0.4, -0.2) is 48.9 Å². The number of likely N-dealkylation sites (tertiary alicyclic amines) is 1. The van der Waals surface area contributed by atoms with Crippen LogP contribution in [0.25, 0.3) is 0 Å². The van der Waals surface area contributed by atoms with Crippen LogP contribution in [0.5, 0.6) is 0 Å². The number of nitrogens with zero attached hydrogens (tertiary/aromatic N) is 1. The maximum absolute atomic E-state index is 12.8. The second kappa shape index (κ2) is 10.00. The fourth-order valence-electron chi connectivity index (χ4n) is 2.92. The number of rotatable bonds is 5. The summed E-state index contributed by atoms with van der Waals surface area (Å²) in [4.78, 5) is 27.1.